The fourth-order valence-electron chi connectivity index (χ4n) is 4.15. The van der Waals surface area contributed by atoms with Gasteiger partial charge in [0.05, 0.1) is 16.5 Å². The van der Waals surface area contributed by atoms with Crippen LogP contribution >= 0.6 is 11.6 Å². The Hall–Kier alpha value is -4.10. The van der Waals surface area contributed by atoms with Gasteiger partial charge in [-0.05, 0) is 61.4 Å². The van der Waals surface area contributed by atoms with E-state index < -0.39 is 11.2 Å². The van der Waals surface area contributed by atoms with Crippen LogP contribution in [0, 0.1) is 13.8 Å². The number of nitrogens with zero attached hydrogens (tertiary/aromatic N) is 1. The van der Waals surface area contributed by atoms with Gasteiger partial charge < -0.3 is 19.4 Å². The quantitative estimate of drug-likeness (QED) is 0.392. The molecule has 0 bridgehead atoms. The fraction of sp³-hybridized carbons (Fsp3) is 0.179. The largest absolute Gasteiger partial charge is 0.486 e. The molecule has 2 heterocycles. The number of amides is 1. The Balaban J connectivity index is 1.60. The number of benzene rings is 3. The lowest BCUT2D eigenvalue weighted by atomic mass is 9.98. The van der Waals surface area contributed by atoms with Crippen LogP contribution in [0.25, 0.3) is 10.9 Å². The number of aryl methyl sites for hydroxylation is 2. The number of fused-ring (bicyclic) bond motifs is 2. The average molecular weight is 503 g/mol. The molecule has 0 spiro atoms. The second-order valence-corrected chi connectivity index (χ2v) is 9.13. The van der Waals surface area contributed by atoms with Crippen molar-refractivity contribution >= 4 is 39.9 Å². The van der Waals surface area contributed by atoms with Crippen molar-refractivity contribution in [1.29, 1.82) is 0 Å². The summed E-state index contributed by atoms with van der Waals surface area (Å²) in [5.74, 6) is 0.167. The number of carbonyl (C=O) groups is 2. The molecule has 8 heteroatoms. The van der Waals surface area contributed by atoms with Gasteiger partial charge in [-0.1, -0.05) is 23.7 Å². The van der Waals surface area contributed by atoms with Crippen LogP contribution in [0.15, 0.2) is 65.6 Å². The number of anilines is 1. The third kappa shape index (κ3) is 4.57. The van der Waals surface area contributed by atoms with E-state index in [4.69, 9.17) is 21.1 Å². The maximum atomic E-state index is 13.5. The molecule has 1 aliphatic rings. The van der Waals surface area contributed by atoms with E-state index in [1.54, 1.807) is 53.1 Å². The third-order valence-corrected chi connectivity index (χ3v) is 6.45. The summed E-state index contributed by atoms with van der Waals surface area (Å²) in [6.07, 6.45) is 1.44. The SMILES string of the molecule is Cc1ccc(C(=O)c2cn(CC(=O)Nc3ccc(Cl)cc3)c3cc4c(cc3c2=O)OCCO4)cc1C. The number of hydrogen-bond donors (Lipinski definition) is 1. The summed E-state index contributed by atoms with van der Waals surface area (Å²) in [4.78, 5) is 39.9. The Morgan fingerprint density at radius 1 is 0.944 bits per heavy atom. The molecule has 0 radical (unpaired) electrons. The number of rotatable bonds is 5. The van der Waals surface area contributed by atoms with Crippen molar-refractivity contribution in [3.05, 3.63) is 98.3 Å². The van der Waals surface area contributed by atoms with E-state index in [2.05, 4.69) is 5.32 Å². The van der Waals surface area contributed by atoms with Crippen molar-refractivity contribution in [1.82, 2.24) is 4.57 Å². The molecular formula is C28H23ClN2O5. The summed E-state index contributed by atoms with van der Waals surface area (Å²) in [7, 11) is 0. The van der Waals surface area contributed by atoms with E-state index >= 15 is 0 Å². The number of carbonyl (C=O) groups excluding carboxylic acids is 2. The number of aromatic nitrogens is 1. The van der Waals surface area contributed by atoms with E-state index in [0.717, 1.165) is 11.1 Å². The van der Waals surface area contributed by atoms with E-state index in [1.807, 2.05) is 19.9 Å². The first kappa shape index (κ1) is 23.6. The molecule has 36 heavy (non-hydrogen) atoms. The smallest absolute Gasteiger partial charge is 0.244 e. The fourth-order valence-corrected chi connectivity index (χ4v) is 4.27. The molecule has 1 amide bonds. The summed E-state index contributed by atoms with van der Waals surface area (Å²) >= 11 is 5.93. The highest BCUT2D eigenvalue weighted by molar-refractivity contribution is 6.30. The van der Waals surface area contributed by atoms with Crippen LogP contribution < -0.4 is 20.2 Å². The lowest BCUT2D eigenvalue weighted by molar-refractivity contribution is -0.116. The molecule has 3 aromatic carbocycles. The van der Waals surface area contributed by atoms with E-state index in [1.165, 1.54) is 6.20 Å². The predicted octanol–water partition coefficient (Wildman–Crippen LogP) is 4.91. The van der Waals surface area contributed by atoms with Gasteiger partial charge in [0.2, 0.25) is 11.3 Å². The first-order valence-electron chi connectivity index (χ1n) is 11.4. The highest BCUT2D eigenvalue weighted by atomic mass is 35.5. The molecule has 0 atom stereocenters. The molecular weight excluding hydrogens is 480 g/mol. The summed E-state index contributed by atoms with van der Waals surface area (Å²) in [6, 6.07) is 15.3. The molecule has 0 saturated heterocycles. The van der Waals surface area contributed by atoms with Crippen LogP contribution in [-0.4, -0.2) is 29.5 Å². The second-order valence-electron chi connectivity index (χ2n) is 8.70. The maximum Gasteiger partial charge on any atom is 0.244 e. The van der Waals surface area contributed by atoms with E-state index in [-0.39, 0.29) is 23.4 Å². The van der Waals surface area contributed by atoms with Crippen LogP contribution in [0.1, 0.15) is 27.0 Å². The number of ether oxygens (including phenoxy) is 2. The first-order valence-corrected chi connectivity index (χ1v) is 11.8. The molecule has 182 valence electrons. The minimum atomic E-state index is -0.431. The molecule has 4 aromatic rings. The predicted molar refractivity (Wildman–Crippen MR) is 139 cm³/mol. The van der Waals surface area contributed by atoms with Gasteiger partial charge >= 0.3 is 0 Å². The van der Waals surface area contributed by atoms with Crippen molar-refractivity contribution in [2.24, 2.45) is 0 Å². The van der Waals surface area contributed by atoms with Crippen molar-refractivity contribution in [3.63, 3.8) is 0 Å². The molecule has 1 aliphatic heterocycles. The summed E-state index contributed by atoms with van der Waals surface area (Å²) in [5, 5.41) is 3.64. The molecule has 0 saturated carbocycles. The van der Waals surface area contributed by atoms with Gasteiger partial charge in [0.1, 0.15) is 19.8 Å². The van der Waals surface area contributed by atoms with Crippen LogP contribution in [0.2, 0.25) is 5.02 Å². The Bertz CT molecular complexity index is 1570. The molecule has 0 unspecified atom stereocenters. The van der Waals surface area contributed by atoms with Crippen molar-refractivity contribution in [2.45, 2.75) is 20.4 Å². The van der Waals surface area contributed by atoms with Gasteiger partial charge in [-0.15, -0.1) is 0 Å². The standard InChI is InChI=1S/C28H23ClN2O5/c1-16-3-4-18(11-17(16)2)27(33)22-14-31(15-26(32)30-20-7-5-19(29)6-8-20)23-13-25-24(35-9-10-36-25)12-21(23)28(22)34/h3-8,11-14H,9-10,15H2,1-2H3,(H,30,32). The van der Waals surface area contributed by atoms with Gasteiger partial charge in [0.15, 0.2) is 17.3 Å². The zero-order valence-corrected chi connectivity index (χ0v) is 20.5. The summed E-state index contributed by atoms with van der Waals surface area (Å²) < 4.78 is 12.9. The van der Waals surface area contributed by atoms with E-state index in [0.29, 0.717) is 46.5 Å². The Morgan fingerprint density at radius 2 is 1.64 bits per heavy atom. The normalized spacial score (nSPS) is 12.4. The van der Waals surface area contributed by atoms with Crippen molar-refractivity contribution < 1.29 is 19.1 Å². The lowest BCUT2D eigenvalue weighted by Crippen LogP contribution is -2.25. The Labute approximate surface area is 212 Å². The van der Waals surface area contributed by atoms with Crippen LogP contribution in [0.3, 0.4) is 0 Å². The number of hydrogen-bond acceptors (Lipinski definition) is 5. The van der Waals surface area contributed by atoms with Gasteiger partial charge in [-0.3, -0.25) is 14.4 Å². The monoisotopic (exact) mass is 502 g/mol. The van der Waals surface area contributed by atoms with Gasteiger partial charge in [-0.2, -0.15) is 0 Å². The highest BCUT2D eigenvalue weighted by Gasteiger charge is 2.22. The van der Waals surface area contributed by atoms with Crippen molar-refractivity contribution in [2.75, 3.05) is 18.5 Å². The minimum Gasteiger partial charge on any atom is -0.486 e. The Kier molecular flexibility index (Phi) is 6.24. The number of pyridine rings is 1. The van der Waals surface area contributed by atoms with Crippen molar-refractivity contribution in [3.8, 4) is 11.5 Å². The minimum absolute atomic E-state index is 0.0262. The zero-order valence-electron chi connectivity index (χ0n) is 19.8. The van der Waals surface area contributed by atoms with E-state index in [9.17, 15) is 14.4 Å². The lowest BCUT2D eigenvalue weighted by Gasteiger charge is -2.20. The zero-order chi connectivity index (χ0) is 25.4. The third-order valence-electron chi connectivity index (χ3n) is 6.20. The molecule has 5 rings (SSSR count). The van der Waals surface area contributed by atoms with Gasteiger partial charge in [0, 0.05) is 28.5 Å². The average Bonchev–Trinajstić information content (AvgIpc) is 2.87. The summed E-state index contributed by atoms with van der Waals surface area (Å²) in [5.41, 5.74) is 2.99. The number of nitrogens with one attached hydrogen (secondary N) is 1. The van der Waals surface area contributed by atoms with Gasteiger partial charge in [0.25, 0.3) is 0 Å². The number of halogens is 1. The molecule has 7 nitrogen and oxygen atoms in total. The molecule has 1 aromatic heterocycles. The van der Waals surface area contributed by atoms with Crippen LogP contribution in [-0.2, 0) is 11.3 Å². The first-order chi connectivity index (χ1) is 17.3. The Morgan fingerprint density at radius 3 is 2.33 bits per heavy atom. The maximum absolute atomic E-state index is 13.5. The second kappa shape index (κ2) is 9.51. The molecule has 0 aliphatic carbocycles. The summed E-state index contributed by atoms with van der Waals surface area (Å²) in [6.45, 7) is 4.47. The van der Waals surface area contributed by atoms with Gasteiger partial charge in [-0.25, -0.2) is 0 Å². The molecule has 0 fully saturated rings. The highest BCUT2D eigenvalue weighted by Crippen LogP contribution is 2.34. The molecule has 1 N–H and O–H groups in total. The number of ketones is 1. The van der Waals surface area contributed by atoms with Crippen LogP contribution in [0.4, 0.5) is 5.69 Å². The topological polar surface area (TPSA) is 86.6 Å². The van der Waals surface area contributed by atoms with Crippen LogP contribution in [0.5, 0.6) is 11.5 Å².